The van der Waals surface area contributed by atoms with Gasteiger partial charge in [-0.15, -0.1) is 11.3 Å². The largest absolute Gasteiger partial charge is 0.342 e. The number of nitrogens with one attached hydrogen (secondary N) is 1. The van der Waals surface area contributed by atoms with Crippen LogP contribution in [-0.2, 0) is 0 Å². The van der Waals surface area contributed by atoms with Crippen LogP contribution in [0.5, 0.6) is 0 Å². The molecule has 2 heterocycles. The summed E-state index contributed by atoms with van der Waals surface area (Å²) in [5.74, 6) is -1.18. The Balaban J connectivity index is 1.81. The van der Waals surface area contributed by atoms with Crippen LogP contribution in [0.25, 0.3) is 5.13 Å². The number of halogens is 3. The molecule has 1 N–H and O–H groups in total. The quantitative estimate of drug-likeness (QED) is 0.751. The van der Waals surface area contributed by atoms with Gasteiger partial charge in [0, 0.05) is 22.7 Å². The Morgan fingerprint density at radius 3 is 2.76 bits per heavy atom. The molecule has 1 amide bonds. The summed E-state index contributed by atoms with van der Waals surface area (Å²) in [6.45, 7) is 1.65. The molecule has 3 aromatic rings. The molecular formula is C15H12F3N5OS. The molecule has 6 nitrogen and oxygen atoms in total. The van der Waals surface area contributed by atoms with Crippen LogP contribution in [0.3, 0.4) is 0 Å². The van der Waals surface area contributed by atoms with E-state index in [0.29, 0.717) is 17.0 Å². The maximum atomic E-state index is 13.5. The van der Waals surface area contributed by atoms with Crippen LogP contribution in [-0.4, -0.2) is 25.7 Å². The minimum Gasteiger partial charge on any atom is -0.342 e. The zero-order chi connectivity index (χ0) is 18.0. The molecule has 3 rings (SSSR count). The van der Waals surface area contributed by atoms with Gasteiger partial charge in [-0.1, -0.05) is 0 Å². The van der Waals surface area contributed by atoms with Crippen LogP contribution in [0.1, 0.15) is 41.1 Å². The average Bonchev–Trinajstić information content (AvgIpc) is 3.24. The summed E-state index contributed by atoms with van der Waals surface area (Å²) in [6, 6.07) is 1.96. The van der Waals surface area contributed by atoms with Crippen molar-refractivity contribution in [1.29, 1.82) is 0 Å². The molecule has 25 heavy (non-hydrogen) atoms. The van der Waals surface area contributed by atoms with Gasteiger partial charge in [-0.05, 0) is 25.1 Å². The van der Waals surface area contributed by atoms with Gasteiger partial charge in [0.15, 0.2) is 5.82 Å². The molecule has 0 saturated heterocycles. The maximum Gasteiger partial charge on any atom is 0.263 e. The third-order valence-corrected chi connectivity index (χ3v) is 4.09. The standard InChI is InChI=1S/C15H12F3N5OS/c1-8(13-20-7-21-23(13)15-19-2-3-25-15)22-14(24)10-4-9(12(17)18)5-11(16)6-10/h2-8,12H,1H3,(H,22,24)/t8-/m0/s1. The Morgan fingerprint density at radius 1 is 1.28 bits per heavy atom. The predicted molar refractivity (Wildman–Crippen MR) is 84.3 cm³/mol. The number of rotatable bonds is 5. The summed E-state index contributed by atoms with van der Waals surface area (Å²) in [5, 5.41) is 8.99. The minimum atomic E-state index is -2.87. The highest BCUT2D eigenvalue weighted by molar-refractivity contribution is 7.12. The molecule has 0 fully saturated rings. The van der Waals surface area contributed by atoms with E-state index in [1.54, 1.807) is 18.5 Å². The number of hydrogen-bond donors (Lipinski definition) is 1. The van der Waals surface area contributed by atoms with Crippen molar-refractivity contribution in [2.75, 3.05) is 0 Å². The van der Waals surface area contributed by atoms with E-state index in [4.69, 9.17) is 0 Å². The summed E-state index contributed by atoms with van der Waals surface area (Å²) in [6.07, 6.45) is 0.0525. The molecule has 1 atom stereocenters. The van der Waals surface area contributed by atoms with Crippen molar-refractivity contribution < 1.29 is 18.0 Å². The number of hydrogen-bond acceptors (Lipinski definition) is 5. The number of thiazole rings is 1. The Labute approximate surface area is 144 Å². The molecule has 0 saturated carbocycles. The first kappa shape index (κ1) is 17.1. The Bertz CT molecular complexity index is 881. The highest BCUT2D eigenvalue weighted by atomic mass is 32.1. The SMILES string of the molecule is C[C@H](NC(=O)c1cc(F)cc(C(F)F)c1)c1ncnn1-c1nccs1. The molecule has 130 valence electrons. The lowest BCUT2D eigenvalue weighted by atomic mass is 10.1. The molecule has 10 heteroatoms. The smallest absolute Gasteiger partial charge is 0.263 e. The normalized spacial score (nSPS) is 12.4. The number of amides is 1. The van der Waals surface area contributed by atoms with E-state index >= 15 is 0 Å². The van der Waals surface area contributed by atoms with Crippen LogP contribution in [0.2, 0.25) is 0 Å². The topological polar surface area (TPSA) is 72.7 Å². The number of carbonyl (C=O) groups is 1. The van der Waals surface area contributed by atoms with Crippen molar-refractivity contribution in [3.63, 3.8) is 0 Å². The van der Waals surface area contributed by atoms with Crippen LogP contribution < -0.4 is 5.32 Å². The monoisotopic (exact) mass is 367 g/mol. The predicted octanol–water partition coefficient (Wildman–Crippen LogP) is 3.29. The average molecular weight is 367 g/mol. The van der Waals surface area contributed by atoms with E-state index in [1.165, 1.54) is 22.3 Å². The van der Waals surface area contributed by atoms with E-state index in [0.717, 1.165) is 12.1 Å². The molecule has 0 spiro atoms. The number of alkyl halides is 2. The van der Waals surface area contributed by atoms with E-state index in [-0.39, 0.29) is 5.56 Å². The van der Waals surface area contributed by atoms with Crippen LogP contribution in [0.15, 0.2) is 36.1 Å². The van der Waals surface area contributed by atoms with Crippen molar-refractivity contribution in [3.05, 3.63) is 58.9 Å². The Hall–Kier alpha value is -2.75. The Kier molecular flexibility index (Phi) is 4.79. The summed E-state index contributed by atoms with van der Waals surface area (Å²) in [4.78, 5) is 20.5. The fraction of sp³-hybridized carbons (Fsp3) is 0.200. The van der Waals surface area contributed by atoms with E-state index in [9.17, 15) is 18.0 Å². The lowest BCUT2D eigenvalue weighted by Gasteiger charge is -2.14. The highest BCUT2D eigenvalue weighted by Gasteiger charge is 2.20. The molecule has 0 radical (unpaired) electrons. The Morgan fingerprint density at radius 2 is 2.08 bits per heavy atom. The summed E-state index contributed by atoms with van der Waals surface area (Å²) >= 11 is 1.34. The molecule has 0 unspecified atom stereocenters. The van der Waals surface area contributed by atoms with Gasteiger partial charge in [-0.25, -0.2) is 23.1 Å². The second-order valence-corrected chi connectivity index (χ2v) is 5.99. The number of aromatic nitrogens is 4. The third-order valence-electron chi connectivity index (χ3n) is 3.34. The second kappa shape index (κ2) is 7.01. The van der Waals surface area contributed by atoms with E-state index in [2.05, 4.69) is 20.4 Å². The van der Waals surface area contributed by atoms with Crippen LogP contribution >= 0.6 is 11.3 Å². The fourth-order valence-corrected chi connectivity index (χ4v) is 2.83. The summed E-state index contributed by atoms with van der Waals surface area (Å²) in [7, 11) is 0. The van der Waals surface area contributed by atoms with Gasteiger partial charge in [0.1, 0.15) is 12.1 Å². The van der Waals surface area contributed by atoms with Gasteiger partial charge in [0.05, 0.1) is 6.04 Å². The molecular weight excluding hydrogens is 355 g/mol. The summed E-state index contributed by atoms with van der Waals surface area (Å²) in [5.41, 5.74) is -0.744. The van der Waals surface area contributed by atoms with Crippen molar-refractivity contribution in [2.45, 2.75) is 19.4 Å². The van der Waals surface area contributed by atoms with E-state index < -0.39 is 29.8 Å². The summed E-state index contributed by atoms with van der Waals surface area (Å²) < 4.78 is 40.4. The minimum absolute atomic E-state index is 0.192. The zero-order valence-corrected chi connectivity index (χ0v) is 13.7. The van der Waals surface area contributed by atoms with Gasteiger partial charge in [0.25, 0.3) is 12.3 Å². The molecule has 0 aliphatic rings. The van der Waals surface area contributed by atoms with Crippen LogP contribution in [0, 0.1) is 5.82 Å². The lowest BCUT2D eigenvalue weighted by molar-refractivity contribution is 0.0937. The van der Waals surface area contributed by atoms with E-state index in [1.807, 2.05) is 0 Å². The first-order valence-corrected chi connectivity index (χ1v) is 8.03. The number of nitrogens with zero attached hydrogens (tertiary/aromatic N) is 4. The van der Waals surface area contributed by atoms with Crippen molar-refractivity contribution >= 4 is 17.2 Å². The van der Waals surface area contributed by atoms with Gasteiger partial charge < -0.3 is 5.32 Å². The van der Waals surface area contributed by atoms with Crippen molar-refractivity contribution in [3.8, 4) is 5.13 Å². The molecule has 0 bridgehead atoms. The zero-order valence-electron chi connectivity index (χ0n) is 12.9. The molecule has 2 aromatic heterocycles. The first-order chi connectivity index (χ1) is 12.0. The lowest BCUT2D eigenvalue weighted by Crippen LogP contribution is -2.29. The van der Waals surface area contributed by atoms with Crippen LogP contribution in [0.4, 0.5) is 13.2 Å². The highest BCUT2D eigenvalue weighted by Crippen LogP contribution is 2.22. The molecule has 1 aromatic carbocycles. The number of carbonyl (C=O) groups excluding carboxylic acids is 1. The second-order valence-electron chi connectivity index (χ2n) is 5.11. The van der Waals surface area contributed by atoms with Gasteiger partial charge in [-0.2, -0.15) is 9.78 Å². The fourth-order valence-electron chi connectivity index (χ4n) is 2.23. The van der Waals surface area contributed by atoms with Gasteiger partial charge in [0.2, 0.25) is 5.13 Å². The maximum absolute atomic E-state index is 13.5. The van der Waals surface area contributed by atoms with Crippen molar-refractivity contribution in [1.82, 2.24) is 25.1 Å². The first-order valence-electron chi connectivity index (χ1n) is 7.15. The molecule has 0 aliphatic carbocycles. The van der Waals surface area contributed by atoms with Gasteiger partial charge in [-0.3, -0.25) is 4.79 Å². The number of benzene rings is 1. The third kappa shape index (κ3) is 3.68. The van der Waals surface area contributed by atoms with Crippen molar-refractivity contribution in [2.24, 2.45) is 0 Å². The molecule has 0 aliphatic heterocycles. The van der Waals surface area contributed by atoms with Gasteiger partial charge >= 0.3 is 0 Å².